The van der Waals surface area contributed by atoms with Crippen molar-refractivity contribution in [2.24, 2.45) is 0 Å². The van der Waals surface area contributed by atoms with Gasteiger partial charge < -0.3 is 29.6 Å². The topological polar surface area (TPSA) is 92.8 Å². The third-order valence-electron chi connectivity index (χ3n) is 6.18. The molecule has 0 fully saturated rings. The Morgan fingerprint density at radius 2 is 1.77 bits per heavy atom. The number of aromatic nitrogens is 1. The van der Waals surface area contributed by atoms with Crippen molar-refractivity contribution in [1.82, 2.24) is 10.3 Å². The van der Waals surface area contributed by atoms with Crippen LogP contribution in [-0.4, -0.2) is 50.0 Å². The van der Waals surface area contributed by atoms with Crippen LogP contribution in [0.3, 0.4) is 0 Å². The van der Waals surface area contributed by atoms with Gasteiger partial charge in [0.05, 0.1) is 34.0 Å². The smallest absolute Gasteiger partial charge is 0.251 e. The molecule has 0 saturated carbocycles. The van der Waals surface area contributed by atoms with Gasteiger partial charge in [-0.1, -0.05) is 30.3 Å². The fraction of sp³-hybridized carbons (Fsp3) is 0.250. The normalized spacial score (nSPS) is 11.8. The van der Waals surface area contributed by atoms with Gasteiger partial charge in [-0.25, -0.2) is 0 Å². The second-order valence-electron chi connectivity index (χ2n) is 8.33. The number of hydrogen-bond donors (Lipinski definition) is 3. The quantitative estimate of drug-likeness (QED) is 0.332. The first-order valence-corrected chi connectivity index (χ1v) is 11.4. The number of methoxy groups -OCH3 is 3. The monoisotopic (exact) mass is 474 g/mol. The molecule has 3 N–H and O–H groups in total. The van der Waals surface area contributed by atoms with Crippen molar-refractivity contribution in [3.8, 4) is 28.4 Å². The Balaban J connectivity index is 1.56. The van der Waals surface area contributed by atoms with E-state index < -0.39 is 6.04 Å². The van der Waals surface area contributed by atoms with Crippen LogP contribution in [0.5, 0.6) is 17.2 Å². The van der Waals surface area contributed by atoms with Crippen LogP contribution in [0, 0.1) is 6.92 Å². The molecule has 1 atom stereocenters. The van der Waals surface area contributed by atoms with Crippen molar-refractivity contribution in [2.75, 3.05) is 27.9 Å². The Kier molecular flexibility index (Phi) is 7.27. The van der Waals surface area contributed by atoms with Gasteiger partial charge in [-0.15, -0.1) is 0 Å². The van der Waals surface area contributed by atoms with E-state index in [1.54, 1.807) is 27.4 Å². The molecule has 0 aliphatic heterocycles. The van der Waals surface area contributed by atoms with E-state index in [1.165, 1.54) is 0 Å². The highest BCUT2D eigenvalue weighted by Gasteiger charge is 2.20. The van der Waals surface area contributed by atoms with Crippen molar-refractivity contribution < 1.29 is 24.1 Å². The molecule has 0 radical (unpaired) electrons. The zero-order valence-electron chi connectivity index (χ0n) is 20.3. The number of carbonyl (C=O) groups excluding carboxylic acids is 1. The number of hydrogen-bond acceptors (Lipinski definition) is 5. The zero-order valence-corrected chi connectivity index (χ0v) is 20.3. The third kappa shape index (κ3) is 4.81. The predicted octanol–water partition coefficient (Wildman–Crippen LogP) is 4.50. The summed E-state index contributed by atoms with van der Waals surface area (Å²) in [5.74, 6) is 1.41. The van der Waals surface area contributed by atoms with E-state index in [2.05, 4.69) is 10.3 Å². The van der Waals surface area contributed by atoms with Crippen LogP contribution in [0.25, 0.3) is 22.0 Å². The summed E-state index contributed by atoms with van der Waals surface area (Å²) >= 11 is 0. The number of rotatable bonds is 9. The molecule has 0 spiro atoms. The number of H-pyrrole nitrogens is 1. The lowest BCUT2D eigenvalue weighted by atomic mass is 9.97. The standard InChI is InChI=1S/C28H30N2O5/c1-17-13-18(23-11-12-25(33-2)27(35-4)26(23)34-3)9-10-21(17)28(32)30-20(16-31)14-19-15-29-24-8-6-5-7-22(19)24/h5-13,15,20,29,31H,14,16H2,1-4H3,(H,30,32)/t20-/m1/s1. The van der Waals surface area contributed by atoms with Crippen LogP contribution < -0.4 is 19.5 Å². The minimum absolute atomic E-state index is 0.161. The number of fused-ring (bicyclic) bond motifs is 1. The second kappa shape index (κ2) is 10.5. The van der Waals surface area contributed by atoms with Crippen LogP contribution in [0.15, 0.2) is 60.8 Å². The average Bonchev–Trinajstić information content (AvgIpc) is 3.29. The zero-order chi connectivity index (χ0) is 24.9. The summed E-state index contributed by atoms with van der Waals surface area (Å²) in [6.07, 6.45) is 2.45. The molecule has 0 aliphatic carbocycles. The van der Waals surface area contributed by atoms with Gasteiger partial charge in [0, 0.05) is 28.2 Å². The average molecular weight is 475 g/mol. The first kappa shape index (κ1) is 24.2. The number of para-hydroxylation sites is 1. The Morgan fingerprint density at radius 3 is 2.46 bits per heavy atom. The van der Waals surface area contributed by atoms with Crippen LogP contribution in [0.2, 0.25) is 0 Å². The lowest BCUT2D eigenvalue weighted by Crippen LogP contribution is -2.39. The fourth-order valence-electron chi connectivity index (χ4n) is 4.40. The van der Waals surface area contributed by atoms with E-state index in [0.717, 1.165) is 33.2 Å². The number of aliphatic hydroxyl groups excluding tert-OH is 1. The summed E-state index contributed by atoms with van der Waals surface area (Å²) in [5, 5.41) is 14.0. The molecule has 1 aromatic heterocycles. The number of aromatic amines is 1. The second-order valence-corrected chi connectivity index (χ2v) is 8.33. The minimum Gasteiger partial charge on any atom is -0.493 e. The van der Waals surface area contributed by atoms with E-state index in [4.69, 9.17) is 14.2 Å². The number of aryl methyl sites for hydroxylation is 1. The van der Waals surface area contributed by atoms with E-state index >= 15 is 0 Å². The molecule has 0 bridgehead atoms. The number of aliphatic hydroxyl groups is 1. The summed E-state index contributed by atoms with van der Waals surface area (Å²) < 4.78 is 16.5. The van der Waals surface area contributed by atoms with Gasteiger partial charge in [0.15, 0.2) is 11.5 Å². The Hall–Kier alpha value is -3.97. The molecular weight excluding hydrogens is 444 g/mol. The molecule has 1 amide bonds. The largest absolute Gasteiger partial charge is 0.493 e. The van der Waals surface area contributed by atoms with Crippen LogP contribution >= 0.6 is 0 Å². The molecule has 7 nitrogen and oxygen atoms in total. The lowest BCUT2D eigenvalue weighted by Gasteiger charge is -2.18. The maximum absolute atomic E-state index is 13.1. The molecule has 3 aromatic carbocycles. The number of benzene rings is 3. The molecule has 0 saturated heterocycles. The molecule has 182 valence electrons. The van der Waals surface area contributed by atoms with E-state index in [1.807, 2.05) is 61.7 Å². The van der Waals surface area contributed by atoms with Gasteiger partial charge in [-0.05, 0) is 54.3 Å². The van der Waals surface area contributed by atoms with Gasteiger partial charge >= 0.3 is 0 Å². The Bertz CT molecular complexity index is 1340. The molecule has 0 aliphatic rings. The molecule has 1 heterocycles. The third-order valence-corrected chi connectivity index (χ3v) is 6.18. The van der Waals surface area contributed by atoms with Crippen LogP contribution in [-0.2, 0) is 6.42 Å². The van der Waals surface area contributed by atoms with E-state index in [-0.39, 0.29) is 12.5 Å². The molecule has 4 aromatic rings. The lowest BCUT2D eigenvalue weighted by molar-refractivity contribution is 0.0916. The fourth-order valence-corrected chi connectivity index (χ4v) is 4.40. The van der Waals surface area contributed by atoms with Crippen molar-refractivity contribution in [3.63, 3.8) is 0 Å². The first-order chi connectivity index (χ1) is 17.0. The first-order valence-electron chi connectivity index (χ1n) is 11.4. The predicted molar refractivity (Wildman–Crippen MR) is 137 cm³/mol. The molecule has 0 unspecified atom stereocenters. The van der Waals surface area contributed by atoms with Crippen molar-refractivity contribution in [2.45, 2.75) is 19.4 Å². The van der Waals surface area contributed by atoms with Gasteiger partial charge in [0.2, 0.25) is 5.75 Å². The van der Waals surface area contributed by atoms with Crippen molar-refractivity contribution in [3.05, 3.63) is 77.5 Å². The van der Waals surface area contributed by atoms with Gasteiger partial charge in [0.1, 0.15) is 0 Å². The summed E-state index contributed by atoms with van der Waals surface area (Å²) in [7, 11) is 4.72. The number of carbonyl (C=O) groups is 1. The van der Waals surface area contributed by atoms with Gasteiger partial charge in [0.25, 0.3) is 5.91 Å². The molecular formula is C28H30N2O5. The number of nitrogens with one attached hydrogen (secondary N) is 2. The summed E-state index contributed by atoms with van der Waals surface area (Å²) in [4.78, 5) is 16.3. The molecule has 7 heteroatoms. The SMILES string of the molecule is COc1ccc(-c2ccc(C(=O)N[C@@H](CO)Cc3c[nH]c4ccccc34)c(C)c2)c(OC)c1OC. The van der Waals surface area contributed by atoms with Gasteiger partial charge in [-0.2, -0.15) is 0 Å². The van der Waals surface area contributed by atoms with E-state index in [9.17, 15) is 9.90 Å². The molecule has 4 rings (SSSR count). The van der Waals surface area contributed by atoms with Crippen LogP contribution in [0.4, 0.5) is 0 Å². The maximum atomic E-state index is 13.1. The number of ether oxygens (including phenoxy) is 3. The Labute approximate surface area is 204 Å². The van der Waals surface area contributed by atoms with Crippen molar-refractivity contribution in [1.29, 1.82) is 0 Å². The van der Waals surface area contributed by atoms with Gasteiger partial charge in [-0.3, -0.25) is 4.79 Å². The summed E-state index contributed by atoms with van der Waals surface area (Å²) in [5.41, 5.74) is 5.14. The Morgan fingerprint density at radius 1 is 1.00 bits per heavy atom. The molecule has 35 heavy (non-hydrogen) atoms. The number of amides is 1. The highest BCUT2D eigenvalue weighted by Crippen LogP contribution is 2.44. The summed E-state index contributed by atoms with van der Waals surface area (Å²) in [6.45, 7) is 1.73. The summed E-state index contributed by atoms with van der Waals surface area (Å²) in [6, 6.07) is 16.9. The minimum atomic E-state index is -0.410. The van der Waals surface area contributed by atoms with Crippen LogP contribution in [0.1, 0.15) is 21.5 Å². The van der Waals surface area contributed by atoms with Crippen molar-refractivity contribution >= 4 is 16.8 Å². The van der Waals surface area contributed by atoms with E-state index in [0.29, 0.717) is 29.2 Å². The maximum Gasteiger partial charge on any atom is 0.251 e. The highest BCUT2D eigenvalue weighted by atomic mass is 16.5. The highest BCUT2D eigenvalue weighted by molar-refractivity contribution is 5.96.